The maximum Gasteiger partial charge on any atom is 0.227 e. The topological polar surface area (TPSA) is 75.2 Å². The molecule has 1 aromatic carbocycles. The van der Waals surface area contributed by atoms with Gasteiger partial charge >= 0.3 is 0 Å². The van der Waals surface area contributed by atoms with Gasteiger partial charge < -0.3 is 10.2 Å². The van der Waals surface area contributed by atoms with E-state index in [0.29, 0.717) is 13.1 Å². The summed E-state index contributed by atoms with van der Waals surface area (Å²) < 4.78 is 0. The van der Waals surface area contributed by atoms with E-state index < -0.39 is 0 Å². The first-order chi connectivity index (χ1) is 15.2. The van der Waals surface area contributed by atoms with E-state index in [9.17, 15) is 9.59 Å². The summed E-state index contributed by atoms with van der Waals surface area (Å²) in [6.07, 6.45) is 6.29. The summed E-state index contributed by atoms with van der Waals surface area (Å²) in [5.74, 6) is -0.315. The molecule has 3 aromatic rings. The van der Waals surface area contributed by atoms with Gasteiger partial charge in [0.25, 0.3) is 0 Å². The van der Waals surface area contributed by atoms with Crippen molar-refractivity contribution in [2.45, 2.75) is 32.6 Å². The molecule has 1 aliphatic rings. The molecule has 1 fully saturated rings. The molecule has 1 saturated heterocycles. The normalized spacial score (nSPS) is 16.0. The molecule has 0 aliphatic carbocycles. The van der Waals surface area contributed by atoms with Crippen molar-refractivity contribution in [1.29, 1.82) is 0 Å². The monoisotopic (exact) mass is 434 g/mol. The maximum atomic E-state index is 12.6. The van der Waals surface area contributed by atoms with E-state index in [0.717, 1.165) is 46.8 Å². The molecular weight excluding hydrogens is 408 g/mol. The first-order valence-electron chi connectivity index (χ1n) is 10.7. The lowest BCUT2D eigenvalue weighted by atomic mass is 10.1. The van der Waals surface area contributed by atoms with Crippen molar-refractivity contribution in [2.75, 3.05) is 18.0 Å². The second-order valence-corrected chi connectivity index (χ2v) is 8.59. The molecule has 2 aromatic heterocycles. The van der Waals surface area contributed by atoms with Gasteiger partial charge in [-0.1, -0.05) is 25.1 Å². The summed E-state index contributed by atoms with van der Waals surface area (Å²) >= 11 is 1.63. The first kappa shape index (κ1) is 21.2. The predicted molar refractivity (Wildman–Crippen MR) is 123 cm³/mol. The molecule has 1 unspecified atom stereocenters. The van der Waals surface area contributed by atoms with Crippen molar-refractivity contribution < 1.29 is 9.59 Å². The molecule has 160 valence electrons. The van der Waals surface area contributed by atoms with E-state index >= 15 is 0 Å². The lowest BCUT2D eigenvalue weighted by Crippen LogP contribution is -2.33. The van der Waals surface area contributed by atoms with Gasteiger partial charge in [-0.2, -0.15) is 0 Å². The number of amides is 2. The van der Waals surface area contributed by atoms with Gasteiger partial charge in [0.15, 0.2) is 0 Å². The Morgan fingerprint density at radius 2 is 2.03 bits per heavy atom. The van der Waals surface area contributed by atoms with E-state index in [1.807, 2.05) is 36.4 Å². The van der Waals surface area contributed by atoms with Crippen LogP contribution < -0.4 is 10.2 Å². The van der Waals surface area contributed by atoms with Crippen molar-refractivity contribution in [3.8, 4) is 11.3 Å². The number of aromatic nitrogens is 2. The zero-order valence-corrected chi connectivity index (χ0v) is 18.4. The summed E-state index contributed by atoms with van der Waals surface area (Å²) in [5.41, 5.74) is 4.08. The van der Waals surface area contributed by atoms with Gasteiger partial charge in [-0.25, -0.2) is 4.98 Å². The number of benzene rings is 1. The molecule has 4 rings (SSSR count). The number of carbonyl (C=O) groups excluding carboxylic acids is 2. The van der Waals surface area contributed by atoms with Crippen LogP contribution in [-0.4, -0.2) is 34.9 Å². The Bertz CT molecular complexity index is 1050. The van der Waals surface area contributed by atoms with Crippen molar-refractivity contribution in [1.82, 2.24) is 15.3 Å². The van der Waals surface area contributed by atoms with Crippen molar-refractivity contribution in [2.24, 2.45) is 5.92 Å². The second kappa shape index (κ2) is 9.83. The number of aryl methyl sites for hydroxylation is 2. The highest BCUT2D eigenvalue weighted by atomic mass is 32.1. The number of hydrogen-bond acceptors (Lipinski definition) is 5. The van der Waals surface area contributed by atoms with E-state index in [-0.39, 0.29) is 24.2 Å². The molecular formula is C24H26N4O2S. The number of hydrogen-bond donors (Lipinski definition) is 1. The summed E-state index contributed by atoms with van der Waals surface area (Å²) in [5, 5.41) is 6.11. The Balaban J connectivity index is 1.25. The largest absolute Gasteiger partial charge is 0.356 e. The van der Waals surface area contributed by atoms with Crippen LogP contribution in [0.2, 0.25) is 0 Å². The van der Waals surface area contributed by atoms with Gasteiger partial charge in [0, 0.05) is 55.0 Å². The number of nitrogens with zero attached hydrogens (tertiary/aromatic N) is 3. The van der Waals surface area contributed by atoms with E-state index in [1.54, 1.807) is 28.6 Å². The van der Waals surface area contributed by atoms with E-state index in [2.05, 4.69) is 27.6 Å². The molecule has 1 N–H and O–H groups in total. The standard InChI is InChI=1S/C24H26N4O2S/c1-2-17-6-3-4-7-21(17)28-15-19(14-23(28)29)24(30)26-11-5-8-22-27-20(16-31-22)18-9-12-25-13-10-18/h3-4,6-7,9-10,12-13,16,19H,2,5,8,11,14-15H2,1H3,(H,26,30). The summed E-state index contributed by atoms with van der Waals surface area (Å²) in [4.78, 5) is 35.6. The van der Waals surface area contributed by atoms with Crippen LogP contribution in [-0.2, 0) is 22.4 Å². The second-order valence-electron chi connectivity index (χ2n) is 7.64. The maximum absolute atomic E-state index is 12.6. The summed E-state index contributed by atoms with van der Waals surface area (Å²) in [7, 11) is 0. The van der Waals surface area contributed by atoms with Crippen molar-refractivity contribution in [3.05, 3.63) is 64.7 Å². The van der Waals surface area contributed by atoms with Gasteiger partial charge in [-0.3, -0.25) is 14.6 Å². The van der Waals surface area contributed by atoms with Gasteiger partial charge in [0.1, 0.15) is 0 Å². The van der Waals surface area contributed by atoms with Crippen LogP contribution in [0.1, 0.15) is 30.3 Å². The average molecular weight is 435 g/mol. The van der Waals surface area contributed by atoms with Crippen LogP contribution in [0.15, 0.2) is 54.2 Å². The lowest BCUT2D eigenvalue weighted by Gasteiger charge is -2.20. The van der Waals surface area contributed by atoms with Crippen molar-refractivity contribution >= 4 is 28.8 Å². The number of thiazole rings is 1. The average Bonchev–Trinajstić information content (AvgIpc) is 3.44. The fraction of sp³-hybridized carbons (Fsp3) is 0.333. The van der Waals surface area contributed by atoms with Crippen molar-refractivity contribution in [3.63, 3.8) is 0 Å². The van der Waals surface area contributed by atoms with Gasteiger partial charge in [0.2, 0.25) is 11.8 Å². The smallest absolute Gasteiger partial charge is 0.227 e. The molecule has 2 amide bonds. The fourth-order valence-corrected chi connectivity index (χ4v) is 4.72. The number of pyridine rings is 1. The van der Waals surface area contributed by atoms with Gasteiger partial charge in [-0.15, -0.1) is 11.3 Å². The number of para-hydroxylation sites is 1. The number of rotatable bonds is 8. The van der Waals surface area contributed by atoms with Crippen LogP contribution in [0.4, 0.5) is 5.69 Å². The lowest BCUT2D eigenvalue weighted by molar-refractivity contribution is -0.126. The minimum atomic E-state index is -0.296. The first-order valence-corrected chi connectivity index (χ1v) is 11.5. The Labute approximate surface area is 186 Å². The number of anilines is 1. The number of carbonyl (C=O) groups is 2. The SMILES string of the molecule is CCc1ccccc1N1CC(C(=O)NCCCc2nc(-c3ccncc3)cs2)CC1=O. The molecule has 1 aliphatic heterocycles. The minimum absolute atomic E-state index is 0.0208. The molecule has 31 heavy (non-hydrogen) atoms. The van der Waals surface area contributed by atoms with Gasteiger partial charge in [-0.05, 0) is 36.6 Å². The Hall–Kier alpha value is -3.06. The third kappa shape index (κ3) is 4.99. The quantitative estimate of drug-likeness (QED) is 0.546. The van der Waals surface area contributed by atoms with Crippen LogP contribution >= 0.6 is 11.3 Å². The molecule has 6 nitrogen and oxygen atoms in total. The highest BCUT2D eigenvalue weighted by Crippen LogP contribution is 2.28. The zero-order valence-electron chi connectivity index (χ0n) is 17.6. The van der Waals surface area contributed by atoms with Crippen LogP contribution in [0.3, 0.4) is 0 Å². The van der Waals surface area contributed by atoms with Crippen LogP contribution in [0.5, 0.6) is 0 Å². The van der Waals surface area contributed by atoms with E-state index in [1.165, 1.54) is 0 Å². The fourth-order valence-electron chi connectivity index (χ4n) is 3.87. The molecule has 7 heteroatoms. The molecule has 3 heterocycles. The molecule has 1 atom stereocenters. The highest BCUT2D eigenvalue weighted by molar-refractivity contribution is 7.09. The Morgan fingerprint density at radius 3 is 2.84 bits per heavy atom. The third-order valence-corrected chi connectivity index (χ3v) is 6.46. The summed E-state index contributed by atoms with van der Waals surface area (Å²) in [6, 6.07) is 11.8. The highest BCUT2D eigenvalue weighted by Gasteiger charge is 2.35. The van der Waals surface area contributed by atoms with E-state index in [4.69, 9.17) is 0 Å². The Kier molecular flexibility index (Phi) is 6.72. The predicted octanol–water partition coefficient (Wildman–Crippen LogP) is 3.87. The minimum Gasteiger partial charge on any atom is -0.356 e. The summed E-state index contributed by atoms with van der Waals surface area (Å²) in [6.45, 7) is 3.11. The number of nitrogens with one attached hydrogen (secondary N) is 1. The third-order valence-electron chi connectivity index (χ3n) is 5.55. The van der Waals surface area contributed by atoms with Crippen LogP contribution in [0.25, 0.3) is 11.3 Å². The van der Waals surface area contributed by atoms with Gasteiger partial charge in [0.05, 0.1) is 16.6 Å². The Morgan fingerprint density at radius 1 is 1.23 bits per heavy atom. The zero-order chi connectivity index (χ0) is 21.6. The molecule has 0 bridgehead atoms. The molecule has 0 radical (unpaired) electrons. The van der Waals surface area contributed by atoms with Crippen LogP contribution in [0, 0.1) is 5.92 Å². The molecule has 0 saturated carbocycles. The molecule has 0 spiro atoms.